The lowest BCUT2D eigenvalue weighted by Gasteiger charge is -2.30. The molecule has 2 nitrogen and oxygen atoms in total. The van der Waals surface area contributed by atoms with Crippen molar-refractivity contribution in [3.63, 3.8) is 0 Å². The molecule has 0 radical (unpaired) electrons. The van der Waals surface area contributed by atoms with Crippen LogP contribution < -0.4 is 5.32 Å². The van der Waals surface area contributed by atoms with Gasteiger partial charge in [-0.1, -0.05) is 20.8 Å². The second-order valence-corrected chi connectivity index (χ2v) is 5.96. The highest BCUT2D eigenvalue weighted by Crippen LogP contribution is 2.17. The van der Waals surface area contributed by atoms with Crippen LogP contribution in [0.4, 0.5) is 0 Å². The Balaban J connectivity index is 2.53. The molecule has 0 fully saturated rings. The average molecular weight is 269 g/mol. The molecule has 2 atom stereocenters. The smallest absolute Gasteiger partial charge is 0.0747 e. The van der Waals surface area contributed by atoms with Gasteiger partial charge in [0, 0.05) is 13.2 Å². The van der Waals surface area contributed by atoms with Gasteiger partial charge in [-0.05, 0) is 54.1 Å². The van der Waals surface area contributed by atoms with Crippen LogP contribution in [0.5, 0.6) is 0 Å². The van der Waals surface area contributed by atoms with Crippen molar-refractivity contribution in [3.05, 3.63) is 22.4 Å². The summed E-state index contributed by atoms with van der Waals surface area (Å²) in [5.74, 6) is 0.548. The largest absolute Gasteiger partial charge is 0.380 e. The van der Waals surface area contributed by atoms with Crippen molar-refractivity contribution >= 4 is 11.3 Å². The molecule has 0 aliphatic rings. The number of rotatable bonds is 9. The van der Waals surface area contributed by atoms with E-state index in [-0.39, 0.29) is 0 Å². The summed E-state index contributed by atoms with van der Waals surface area (Å²) in [6.45, 7) is 7.75. The molecular weight excluding hydrogens is 242 g/mol. The number of aryl methyl sites for hydroxylation is 1. The van der Waals surface area contributed by atoms with Crippen molar-refractivity contribution in [2.24, 2.45) is 5.92 Å². The number of hydrogen-bond donors (Lipinski definition) is 1. The molecule has 1 aromatic heterocycles. The van der Waals surface area contributed by atoms with E-state index < -0.39 is 0 Å². The molecule has 104 valence electrons. The van der Waals surface area contributed by atoms with E-state index >= 15 is 0 Å². The highest BCUT2D eigenvalue weighted by Gasteiger charge is 2.23. The van der Waals surface area contributed by atoms with Gasteiger partial charge in [-0.2, -0.15) is 11.3 Å². The minimum absolute atomic E-state index is 0.301. The van der Waals surface area contributed by atoms with E-state index in [1.807, 2.05) is 7.11 Å². The number of methoxy groups -OCH3 is 1. The van der Waals surface area contributed by atoms with Gasteiger partial charge in [-0.15, -0.1) is 0 Å². The van der Waals surface area contributed by atoms with Crippen LogP contribution in [-0.2, 0) is 11.2 Å². The van der Waals surface area contributed by atoms with E-state index in [1.165, 1.54) is 12.0 Å². The fourth-order valence-electron chi connectivity index (χ4n) is 2.37. The van der Waals surface area contributed by atoms with Crippen LogP contribution in [0.2, 0.25) is 0 Å². The Bertz CT molecular complexity index is 297. The summed E-state index contributed by atoms with van der Waals surface area (Å²) in [4.78, 5) is 0. The zero-order valence-corrected chi connectivity index (χ0v) is 12.9. The molecule has 0 aliphatic carbocycles. The van der Waals surface area contributed by atoms with Crippen molar-refractivity contribution in [1.82, 2.24) is 5.32 Å². The predicted octanol–water partition coefficient (Wildman–Crippen LogP) is 3.72. The summed E-state index contributed by atoms with van der Waals surface area (Å²) in [5.41, 5.74) is 1.45. The molecule has 0 saturated carbocycles. The Hall–Kier alpha value is -0.380. The van der Waals surface area contributed by atoms with Gasteiger partial charge in [0.2, 0.25) is 0 Å². The Morgan fingerprint density at radius 1 is 1.39 bits per heavy atom. The molecule has 1 heterocycles. The Labute approximate surface area is 116 Å². The second-order valence-electron chi connectivity index (χ2n) is 5.18. The third-order valence-corrected chi connectivity index (χ3v) is 4.04. The van der Waals surface area contributed by atoms with Crippen LogP contribution in [-0.4, -0.2) is 25.8 Å². The van der Waals surface area contributed by atoms with Crippen LogP contribution in [0.25, 0.3) is 0 Å². The molecule has 18 heavy (non-hydrogen) atoms. The zero-order chi connectivity index (χ0) is 13.4. The van der Waals surface area contributed by atoms with E-state index in [0.29, 0.717) is 18.1 Å². The monoisotopic (exact) mass is 269 g/mol. The quantitative estimate of drug-likeness (QED) is 0.738. The first-order chi connectivity index (χ1) is 8.69. The summed E-state index contributed by atoms with van der Waals surface area (Å²) < 4.78 is 5.68. The maximum atomic E-state index is 5.68. The van der Waals surface area contributed by atoms with Crippen LogP contribution >= 0.6 is 11.3 Å². The fraction of sp³-hybridized carbons (Fsp3) is 0.733. The lowest BCUT2D eigenvalue weighted by Crippen LogP contribution is -2.44. The molecule has 0 aromatic carbocycles. The predicted molar refractivity (Wildman–Crippen MR) is 80.4 cm³/mol. The molecule has 1 aromatic rings. The van der Waals surface area contributed by atoms with Gasteiger partial charge in [0.25, 0.3) is 0 Å². The molecule has 0 bridgehead atoms. The van der Waals surface area contributed by atoms with Crippen LogP contribution in [0, 0.1) is 5.92 Å². The maximum absolute atomic E-state index is 5.68. The van der Waals surface area contributed by atoms with Gasteiger partial charge >= 0.3 is 0 Å². The molecule has 0 spiro atoms. The van der Waals surface area contributed by atoms with E-state index in [0.717, 1.165) is 19.4 Å². The Morgan fingerprint density at radius 3 is 2.67 bits per heavy atom. The standard InChI is InChI=1S/C15H27NOS/c1-5-9-16-14(15(17-4)12(2)3)7-6-13-8-10-18-11-13/h8,10-12,14-16H,5-7,9H2,1-4H3. The van der Waals surface area contributed by atoms with Crippen molar-refractivity contribution in [2.75, 3.05) is 13.7 Å². The fourth-order valence-corrected chi connectivity index (χ4v) is 3.07. The van der Waals surface area contributed by atoms with Crippen LogP contribution in [0.15, 0.2) is 16.8 Å². The van der Waals surface area contributed by atoms with Gasteiger partial charge in [0.05, 0.1) is 6.10 Å². The molecule has 0 saturated heterocycles. The van der Waals surface area contributed by atoms with Crippen molar-refractivity contribution in [1.29, 1.82) is 0 Å². The topological polar surface area (TPSA) is 21.3 Å². The first-order valence-corrected chi connectivity index (χ1v) is 7.90. The van der Waals surface area contributed by atoms with Crippen LogP contribution in [0.3, 0.4) is 0 Å². The van der Waals surface area contributed by atoms with Gasteiger partial charge in [-0.3, -0.25) is 0 Å². The van der Waals surface area contributed by atoms with Crippen molar-refractivity contribution in [3.8, 4) is 0 Å². The summed E-state index contributed by atoms with van der Waals surface area (Å²) in [5, 5.41) is 8.04. The molecule has 3 heteroatoms. The van der Waals surface area contributed by atoms with E-state index in [1.54, 1.807) is 11.3 Å². The maximum Gasteiger partial charge on any atom is 0.0747 e. The molecule has 2 unspecified atom stereocenters. The third-order valence-electron chi connectivity index (χ3n) is 3.31. The summed E-state index contributed by atoms with van der Waals surface area (Å²) in [7, 11) is 1.83. The Morgan fingerprint density at radius 2 is 2.17 bits per heavy atom. The first kappa shape index (κ1) is 15.7. The minimum Gasteiger partial charge on any atom is -0.380 e. The SMILES string of the molecule is CCCNC(CCc1ccsc1)C(OC)C(C)C. The summed E-state index contributed by atoms with van der Waals surface area (Å²) in [6, 6.07) is 2.67. The first-order valence-electron chi connectivity index (χ1n) is 6.96. The second kappa shape index (κ2) is 8.68. The van der Waals surface area contributed by atoms with Crippen molar-refractivity contribution in [2.45, 2.75) is 52.2 Å². The normalized spacial score (nSPS) is 14.9. The Kier molecular flexibility index (Phi) is 7.56. The number of ether oxygens (including phenoxy) is 1. The molecule has 0 amide bonds. The highest BCUT2D eigenvalue weighted by atomic mass is 32.1. The average Bonchev–Trinajstić information content (AvgIpc) is 2.85. The van der Waals surface area contributed by atoms with Crippen LogP contribution in [0.1, 0.15) is 39.2 Å². The van der Waals surface area contributed by atoms with E-state index in [2.05, 4.69) is 42.9 Å². The highest BCUT2D eigenvalue weighted by molar-refractivity contribution is 7.07. The lowest BCUT2D eigenvalue weighted by atomic mass is 9.94. The lowest BCUT2D eigenvalue weighted by molar-refractivity contribution is 0.0308. The van der Waals surface area contributed by atoms with Crippen molar-refractivity contribution < 1.29 is 4.74 Å². The molecular formula is C15H27NOS. The molecule has 0 aliphatic heterocycles. The minimum atomic E-state index is 0.301. The number of thiophene rings is 1. The molecule has 1 rings (SSSR count). The van der Waals surface area contributed by atoms with E-state index in [4.69, 9.17) is 4.74 Å². The van der Waals surface area contributed by atoms with Gasteiger partial charge in [0.1, 0.15) is 0 Å². The number of nitrogens with one attached hydrogen (secondary N) is 1. The van der Waals surface area contributed by atoms with Gasteiger partial charge < -0.3 is 10.1 Å². The third kappa shape index (κ3) is 5.09. The summed E-state index contributed by atoms with van der Waals surface area (Å²) in [6.07, 6.45) is 3.75. The van der Waals surface area contributed by atoms with Gasteiger partial charge in [0.15, 0.2) is 0 Å². The zero-order valence-electron chi connectivity index (χ0n) is 12.1. The summed E-state index contributed by atoms with van der Waals surface area (Å²) >= 11 is 1.78. The van der Waals surface area contributed by atoms with E-state index in [9.17, 15) is 0 Å². The van der Waals surface area contributed by atoms with Gasteiger partial charge in [-0.25, -0.2) is 0 Å². The molecule has 1 N–H and O–H groups in total. The number of hydrogen-bond acceptors (Lipinski definition) is 3.